The second-order valence-corrected chi connectivity index (χ2v) is 13.3. The first-order valence-electron chi connectivity index (χ1n) is 12.9. The molecule has 0 spiro atoms. The Kier molecular flexibility index (Phi) is 6.66. The second kappa shape index (κ2) is 9.56. The molecular weight excluding hydrogens is 514 g/mol. The van der Waals surface area contributed by atoms with E-state index in [9.17, 15) is 32.0 Å². The highest BCUT2D eigenvalue weighted by atomic mass is 32.2. The van der Waals surface area contributed by atoms with Crippen molar-refractivity contribution in [2.24, 2.45) is 24.8 Å². The number of carbonyl (C=O) groups excluding carboxylic acids is 2. The maximum Gasteiger partial charge on any atom is 0.248 e. The van der Waals surface area contributed by atoms with E-state index in [0.717, 1.165) is 5.56 Å². The van der Waals surface area contributed by atoms with E-state index in [1.54, 1.807) is 42.3 Å². The molecule has 1 heterocycles. The largest absolute Gasteiger partial charge is 0.338 e. The van der Waals surface area contributed by atoms with Gasteiger partial charge in [0, 0.05) is 49.9 Å². The normalized spacial score (nSPS) is 27.5. The van der Waals surface area contributed by atoms with E-state index in [1.165, 1.54) is 6.07 Å². The van der Waals surface area contributed by atoms with Crippen LogP contribution in [0.2, 0.25) is 0 Å². The molecule has 0 radical (unpaired) electrons. The van der Waals surface area contributed by atoms with Crippen molar-refractivity contribution in [3.8, 4) is 17.2 Å². The van der Waals surface area contributed by atoms with E-state index >= 15 is 0 Å². The molecule has 4 unspecified atom stereocenters. The van der Waals surface area contributed by atoms with Gasteiger partial charge in [0.15, 0.2) is 9.84 Å². The van der Waals surface area contributed by atoms with Crippen LogP contribution in [0.4, 0.5) is 8.78 Å². The van der Waals surface area contributed by atoms with Crippen LogP contribution in [-0.4, -0.2) is 46.6 Å². The molecule has 3 aliphatic carbocycles. The van der Waals surface area contributed by atoms with Crippen LogP contribution >= 0.6 is 0 Å². The van der Waals surface area contributed by atoms with Gasteiger partial charge in [0.25, 0.3) is 0 Å². The summed E-state index contributed by atoms with van der Waals surface area (Å²) in [6.07, 6.45) is 3.76. The van der Waals surface area contributed by atoms with Gasteiger partial charge in [-0.25, -0.2) is 17.2 Å². The summed E-state index contributed by atoms with van der Waals surface area (Å²) >= 11 is 0. The highest BCUT2D eigenvalue weighted by Gasteiger charge is 2.52. The standard InChI is InChI=1S/C27H30F2N4O4S/c1-33-15-19(14-31-33)18-3-2-4-20(10-18)38(36,37)21-11-22(24(34)9-17-5-6-27(28,29)13-17)23(12-21)25(35)32-26(16-30)7-8-26/h2-4,10,14-15,17,21-23H,5-9,11-13H2,1H3,(H,32,35). The number of sulfone groups is 1. The third-order valence-corrected chi connectivity index (χ3v) is 10.4. The molecule has 3 saturated carbocycles. The molecule has 11 heteroatoms. The number of ketones is 1. The minimum atomic E-state index is -3.92. The molecule has 5 rings (SSSR count). The van der Waals surface area contributed by atoms with Crippen molar-refractivity contribution in [3.63, 3.8) is 0 Å². The highest BCUT2D eigenvalue weighted by molar-refractivity contribution is 7.92. The Balaban J connectivity index is 1.39. The van der Waals surface area contributed by atoms with Crippen LogP contribution in [0, 0.1) is 29.1 Å². The smallest absolute Gasteiger partial charge is 0.248 e. The number of hydrogen-bond donors (Lipinski definition) is 1. The van der Waals surface area contributed by atoms with E-state index in [-0.39, 0.29) is 49.2 Å². The molecule has 4 atom stereocenters. The summed E-state index contributed by atoms with van der Waals surface area (Å²) in [6, 6.07) is 8.56. The number of aromatic nitrogens is 2. The summed E-state index contributed by atoms with van der Waals surface area (Å²) in [5.74, 6) is -5.98. The molecule has 38 heavy (non-hydrogen) atoms. The molecule has 1 N–H and O–H groups in total. The molecule has 202 valence electrons. The number of aryl methyl sites for hydroxylation is 1. The molecular formula is C27H30F2N4O4S. The fourth-order valence-corrected chi connectivity index (χ4v) is 7.74. The second-order valence-electron chi connectivity index (χ2n) is 11.1. The lowest BCUT2D eigenvalue weighted by atomic mass is 9.86. The number of amides is 1. The number of Topliss-reactive ketones (excluding diaryl/α,β-unsaturated/α-hetero) is 1. The zero-order valence-corrected chi connectivity index (χ0v) is 21.9. The number of nitrogens with one attached hydrogen (secondary N) is 1. The molecule has 0 saturated heterocycles. The van der Waals surface area contributed by atoms with Crippen molar-refractivity contribution in [1.82, 2.24) is 15.1 Å². The summed E-state index contributed by atoms with van der Waals surface area (Å²) in [5.41, 5.74) is 0.458. The molecule has 1 aromatic carbocycles. The van der Waals surface area contributed by atoms with E-state index in [2.05, 4.69) is 16.5 Å². The maximum atomic E-state index is 13.7. The Bertz CT molecular complexity index is 1410. The van der Waals surface area contributed by atoms with Crippen LogP contribution in [0.5, 0.6) is 0 Å². The van der Waals surface area contributed by atoms with Crippen LogP contribution < -0.4 is 5.32 Å². The molecule has 3 fully saturated rings. The van der Waals surface area contributed by atoms with Gasteiger partial charge in [0.1, 0.15) is 11.3 Å². The number of hydrogen-bond acceptors (Lipinski definition) is 6. The molecule has 3 aliphatic rings. The molecule has 8 nitrogen and oxygen atoms in total. The third kappa shape index (κ3) is 5.23. The van der Waals surface area contributed by atoms with Crippen LogP contribution in [0.3, 0.4) is 0 Å². The van der Waals surface area contributed by atoms with Gasteiger partial charge in [0.2, 0.25) is 11.8 Å². The van der Waals surface area contributed by atoms with Gasteiger partial charge in [-0.2, -0.15) is 10.4 Å². The molecule has 1 amide bonds. The number of carbonyl (C=O) groups is 2. The number of alkyl halides is 2. The van der Waals surface area contributed by atoms with Crippen molar-refractivity contribution < 1.29 is 26.8 Å². The van der Waals surface area contributed by atoms with E-state index in [1.807, 2.05) is 0 Å². The van der Waals surface area contributed by atoms with Crippen molar-refractivity contribution in [2.45, 2.75) is 73.0 Å². The van der Waals surface area contributed by atoms with Gasteiger partial charge in [-0.3, -0.25) is 14.3 Å². The van der Waals surface area contributed by atoms with Gasteiger partial charge >= 0.3 is 0 Å². The van der Waals surface area contributed by atoms with E-state index in [4.69, 9.17) is 0 Å². The molecule has 0 bridgehead atoms. The third-order valence-electron chi connectivity index (χ3n) is 8.23. The number of nitriles is 1. The summed E-state index contributed by atoms with van der Waals surface area (Å²) < 4.78 is 56.5. The summed E-state index contributed by atoms with van der Waals surface area (Å²) in [5, 5.41) is 15.3. The van der Waals surface area contributed by atoms with Crippen LogP contribution in [0.25, 0.3) is 11.1 Å². The van der Waals surface area contributed by atoms with E-state index in [0.29, 0.717) is 18.4 Å². The lowest BCUT2D eigenvalue weighted by Gasteiger charge is -2.21. The zero-order chi connectivity index (χ0) is 27.3. The van der Waals surface area contributed by atoms with Gasteiger partial charge in [-0.15, -0.1) is 0 Å². The topological polar surface area (TPSA) is 122 Å². The lowest BCUT2D eigenvalue weighted by Crippen LogP contribution is -2.42. The van der Waals surface area contributed by atoms with E-state index < -0.39 is 50.2 Å². The molecule has 1 aromatic heterocycles. The summed E-state index contributed by atoms with van der Waals surface area (Å²) in [6.45, 7) is 0. The lowest BCUT2D eigenvalue weighted by molar-refractivity contribution is -0.133. The van der Waals surface area contributed by atoms with Gasteiger partial charge in [0.05, 0.1) is 22.4 Å². The van der Waals surface area contributed by atoms with Crippen LogP contribution in [0.1, 0.15) is 51.4 Å². The SMILES string of the molecule is Cn1cc(-c2cccc(S(=O)(=O)C3CC(C(=O)CC4CCC(F)(F)C4)C(C(=O)NC4(C#N)CC4)C3)c2)cn1. The quantitative estimate of drug-likeness (QED) is 0.539. The van der Waals surface area contributed by atoms with Gasteiger partial charge < -0.3 is 5.32 Å². The average Bonchev–Trinajstić information content (AvgIpc) is 3.19. The van der Waals surface area contributed by atoms with Crippen LogP contribution in [-0.2, 0) is 26.5 Å². The monoisotopic (exact) mass is 544 g/mol. The van der Waals surface area contributed by atoms with Gasteiger partial charge in [-0.05, 0) is 55.7 Å². The first-order chi connectivity index (χ1) is 17.9. The summed E-state index contributed by atoms with van der Waals surface area (Å²) in [7, 11) is -2.16. The average molecular weight is 545 g/mol. The Morgan fingerprint density at radius 3 is 2.53 bits per heavy atom. The minimum Gasteiger partial charge on any atom is -0.338 e. The molecule has 0 aliphatic heterocycles. The minimum absolute atomic E-state index is 0.0565. The van der Waals surface area contributed by atoms with Crippen LogP contribution in [0.15, 0.2) is 41.6 Å². The Hall–Kier alpha value is -3.13. The predicted octanol–water partition coefficient (Wildman–Crippen LogP) is 3.82. The first kappa shape index (κ1) is 26.5. The number of benzene rings is 1. The highest BCUT2D eigenvalue weighted by Crippen LogP contribution is 2.45. The fourth-order valence-electron chi connectivity index (χ4n) is 5.88. The molecule has 2 aromatic rings. The number of halogens is 2. The van der Waals surface area contributed by atoms with Crippen molar-refractivity contribution in [2.75, 3.05) is 0 Å². The number of nitrogens with zero attached hydrogens (tertiary/aromatic N) is 3. The zero-order valence-electron chi connectivity index (χ0n) is 21.1. The predicted molar refractivity (Wildman–Crippen MR) is 133 cm³/mol. The first-order valence-corrected chi connectivity index (χ1v) is 14.4. The van der Waals surface area contributed by atoms with Crippen molar-refractivity contribution in [3.05, 3.63) is 36.7 Å². The number of rotatable bonds is 8. The Morgan fingerprint density at radius 1 is 1.18 bits per heavy atom. The van der Waals surface area contributed by atoms with Crippen molar-refractivity contribution >= 4 is 21.5 Å². The summed E-state index contributed by atoms with van der Waals surface area (Å²) in [4.78, 5) is 26.6. The van der Waals surface area contributed by atoms with Crippen molar-refractivity contribution in [1.29, 1.82) is 5.26 Å². The fraction of sp³-hybridized carbons (Fsp3) is 0.556. The van der Waals surface area contributed by atoms with Gasteiger partial charge in [-0.1, -0.05) is 12.1 Å². The Morgan fingerprint density at radius 2 is 1.92 bits per heavy atom. The maximum absolute atomic E-state index is 13.7. The Labute approximate surface area is 220 Å².